The van der Waals surface area contributed by atoms with E-state index < -0.39 is 0 Å². The van der Waals surface area contributed by atoms with Gasteiger partial charge in [-0.2, -0.15) is 0 Å². The predicted molar refractivity (Wildman–Crippen MR) is 78.1 cm³/mol. The van der Waals surface area contributed by atoms with Crippen LogP contribution >= 0.6 is 34.7 Å². The van der Waals surface area contributed by atoms with E-state index in [-0.39, 0.29) is 0 Å². The Morgan fingerprint density at radius 1 is 1.11 bits per heavy atom. The van der Waals surface area contributed by atoms with Crippen LogP contribution in [0.1, 0.15) is 10.7 Å². The van der Waals surface area contributed by atoms with Crippen LogP contribution in [0, 0.1) is 13.8 Å². The lowest BCUT2D eigenvalue weighted by Crippen LogP contribution is -1.92. The zero-order valence-electron chi connectivity index (χ0n) is 10.2. The van der Waals surface area contributed by atoms with Gasteiger partial charge < -0.3 is 0 Å². The highest BCUT2D eigenvalue weighted by Gasteiger charge is 2.10. The first-order chi connectivity index (χ1) is 9.11. The summed E-state index contributed by atoms with van der Waals surface area (Å²) in [5.74, 6) is 0. The summed E-state index contributed by atoms with van der Waals surface area (Å²) in [5.41, 5.74) is 2.52. The van der Waals surface area contributed by atoms with Crippen molar-refractivity contribution in [1.29, 1.82) is 0 Å². The van der Waals surface area contributed by atoms with Gasteiger partial charge >= 0.3 is 0 Å². The van der Waals surface area contributed by atoms with E-state index in [2.05, 4.69) is 20.2 Å². The second-order valence-corrected chi connectivity index (χ2v) is 6.79. The van der Waals surface area contributed by atoms with Gasteiger partial charge in [-0.3, -0.25) is 0 Å². The number of aromatic nitrogens is 4. The first-order valence-corrected chi connectivity index (χ1v) is 7.55. The summed E-state index contributed by atoms with van der Waals surface area (Å²) in [4.78, 5) is 9.13. The molecule has 0 spiro atoms. The second kappa shape index (κ2) is 5.03. The summed E-state index contributed by atoms with van der Waals surface area (Å²) in [5, 5.41) is 10.5. The van der Waals surface area contributed by atoms with E-state index in [1.807, 2.05) is 32.0 Å². The Labute approximate surface area is 123 Å². The van der Waals surface area contributed by atoms with E-state index in [9.17, 15) is 0 Å². The third-order valence-electron chi connectivity index (χ3n) is 2.45. The lowest BCUT2D eigenvalue weighted by Gasteiger charge is -2.04. The molecule has 3 aromatic rings. The summed E-state index contributed by atoms with van der Waals surface area (Å²) in [6.45, 7) is 3.87. The molecule has 0 aliphatic heterocycles. The van der Waals surface area contributed by atoms with Gasteiger partial charge in [0.05, 0.1) is 16.7 Å². The predicted octanol–water partition coefficient (Wildman–Crippen LogP) is 3.90. The van der Waals surface area contributed by atoms with Crippen LogP contribution in [0.15, 0.2) is 27.6 Å². The number of nitrogens with zero attached hydrogens (tertiary/aromatic N) is 4. The molecule has 19 heavy (non-hydrogen) atoms. The maximum atomic E-state index is 5.98. The number of hydrogen-bond donors (Lipinski definition) is 0. The molecule has 0 saturated carbocycles. The maximum Gasteiger partial charge on any atom is 0.180 e. The number of aryl methyl sites for hydroxylation is 2. The summed E-state index contributed by atoms with van der Waals surface area (Å²) in [6.07, 6.45) is 0. The third-order valence-corrected chi connectivity index (χ3v) is 4.65. The first-order valence-electron chi connectivity index (χ1n) is 5.54. The average Bonchev–Trinajstić information content (AvgIpc) is 2.76. The molecule has 2 heterocycles. The molecule has 2 aromatic heterocycles. The van der Waals surface area contributed by atoms with E-state index in [1.54, 1.807) is 11.3 Å². The number of fused-ring (bicyclic) bond motifs is 1. The summed E-state index contributed by atoms with van der Waals surface area (Å²) in [7, 11) is 0. The lowest BCUT2D eigenvalue weighted by atomic mass is 10.3. The molecule has 0 bridgehead atoms. The van der Waals surface area contributed by atoms with Crippen LogP contribution in [-0.4, -0.2) is 20.2 Å². The van der Waals surface area contributed by atoms with Gasteiger partial charge in [-0.15, -0.1) is 10.2 Å². The molecule has 3 rings (SSSR count). The van der Waals surface area contributed by atoms with Crippen molar-refractivity contribution in [2.24, 2.45) is 0 Å². The average molecular weight is 309 g/mol. The van der Waals surface area contributed by atoms with Crippen molar-refractivity contribution >= 4 is 45.7 Å². The molecule has 0 aliphatic rings. The highest BCUT2D eigenvalue weighted by atomic mass is 35.5. The first kappa shape index (κ1) is 12.8. The Morgan fingerprint density at radius 3 is 2.68 bits per heavy atom. The molecule has 0 atom stereocenters. The molecular weight excluding hydrogens is 300 g/mol. The molecule has 0 aliphatic carbocycles. The van der Waals surface area contributed by atoms with E-state index in [0.29, 0.717) is 5.02 Å². The second-order valence-electron chi connectivity index (χ2n) is 3.94. The fourth-order valence-electron chi connectivity index (χ4n) is 1.60. The standard InChI is InChI=1S/C12H9ClN4S2/c1-6-11(19-12-17-16-7(2)18-12)15-10-5-8(13)3-4-9(10)14-6/h3-5H,1-2H3. The van der Waals surface area contributed by atoms with Gasteiger partial charge in [0.2, 0.25) is 0 Å². The minimum absolute atomic E-state index is 0.661. The van der Waals surface area contributed by atoms with E-state index in [4.69, 9.17) is 11.6 Å². The van der Waals surface area contributed by atoms with Crippen molar-refractivity contribution in [2.45, 2.75) is 23.2 Å². The fraction of sp³-hybridized carbons (Fsp3) is 0.167. The largest absolute Gasteiger partial charge is 0.249 e. The van der Waals surface area contributed by atoms with Crippen molar-refractivity contribution < 1.29 is 0 Å². The van der Waals surface area contributed by atoms with Crippen LogP contribution in [0.2, 0.25) is 5.02 Å². The minimum atomic E-state index is 0.661. The molecule has 7 heteroatoms. The van der Waals surface area contributed by atoms with Crippen molar-refractivity contribution in [3.8, 4) is 0 Å². The minimum Gasteiger partial charge on any atom is -0.249 e. The normalized spacial score (nSPS) is 11.1. The Morgan fingerprint density at radius 2 is 1.95 bits per heavy atom. The molecule has 0 fully saturated rings. The topological polar surface area (TPSA) is 51.6 Å². The lowest BCUT2D eigenvalue weighted by molar-refractivity contribution is 0.975. The monoisotopic (exact) mass is 308 g/mol. The molecule has 0 unspecified atom stereocenters. The zero-order valence-corrected chi connectivity index (χ0v) is 12.6. The quantitative estimate of drug-likeness (QED) is 0.718. The number of benzene rings is 1. The van der Waals surface area contributed by atoms with Crippen LogP contribution in [0.5, 0.6) is 0 Å². The summed E-state index contributed by atoms with van der Waals surface area (Å²) in [6, 6.07) is 5.51. The molecule has 4 nitrogen and oxygen atoms in total. The Bertz CT molecular complexity index is 757. The maximum absolute atomic E-state index is 5.98. The highest BCUT2D eigenvalue weighted by Crippen LogP contribution is 2.31. The van der Waals surface area contributed by atoms with Crippen LogP contribution in [0.3, 0.4) is 0 Å². The SMILES string of the molecule is Cc1nnc(Sc2nc3cc(Cl)ccc3nc2C)s1. The van der Waals surface area contributed by atoms with Gasteiger partial charge in [-0.25, -0.2) is 9.97 Å². The third kappa shape index (κ3) is 2.70. The molecule has 1 aromatic carbocycles. The van der Waals surface area contributed by atoms with Crippen LogP contribution in [0.25, 0.3) is 11.0 Å². The summed E-state index contributed by atoms with van der Waals surface area (Å²) >= 11 is 9.01. The number of rotatable bonds is 2. The zero-order chi connectivity index (χ0) is 13.4. The van der Waals surface area contributed by atoms with Crippen molar-refractivity contribution in [2.75, 3.05) is 0 Å². The molecule has 0 amide bonds. The van der Waals surface area contributed by atoms with E-state index in [0.717, 1.165) is 31.1 Å². The van der Waals surface area contributed by atoms with Gasteiger partial charge in [0.15, 0.2) is 4.34 Å². The van der Waals surface area contributed by atoms with Gasteiger partial charge in [0.1, 0.15) is 10.0 Å². The van der Waals surface area contributed by atoms with Crippen molar-refractivity contribution in [1.82, 2.24) is 20.2 Å². The number of hydrogen-bond acceptors (Lipinski definition) is 6. The fourth-order valence-corrected chi connectivity index (χ4v) is 3.53. The Kier molecular flexibility index (Phi) is 3.38. The van der Waals surface area contributed by atoms with Crippen molar-refractivity contribution in [3.63, 3.8) is 0 Å². The van der Waals surface area contributed by atoms with Crippen molar-refractivity contribution in [3.05, 3.63) is 33.9 Å². The molecule has 0 N–H and O–H groups in total. The summed E-state index contributed by atoms with van der Waals surface area (Å²) < 4.78 is 0.872. The van der Waals surface area contributed by atoms with Crippen LogP contribution in [0.4, 0.5) is 0 Å². The van der Waals surface area contributed by atoms with Crippen LogP contribution in [-0.2, 0) is 0 Å². The molecular formula is C12H9ClN4S2. The molecule has 0 radical (unpaired) electrons. The highest BCUT2D eigenvalue weighted by molar-refractivity contribution is 8.01. The molecule has 96 valence electrons. The molecule has 0 saturated heterocycles. The van der Waals surface area contributed by atoms with Gasteiger partial charge in [-0.1, -0.05) is 22.9 Å². The van der Waals surface area contributed by atoms with Crippen LogP contribution < -0.4 is 0 Å². The van der Waals surface area contributed by atoms with Gasteiger partial charge in [0.25, 0.3) is 0 Å². The van der Waals surface area contributed by atoms with Gasteiger partial charge in [0, 0.05) is 5.02 Å². The van der Waals surface area contributed by atoms with E-state index in [1.165, 1.54) is 11.8 Å². The smallest absolute Gasteiger partial charge is 0.180 e. The Balaban J connectivity index is 2.05. The number of halogens is 1. The van der Waals surface area contributed by atoms with Gasteiger partial charge in [-0.05, 0) is 43.8 Å². The Hall–Kier alpha value is -1.24. The van der Waals surface area contributed by atoms with E-state index >= 15 is 0 Å².